The molecule has 0 aliphatic rings. The first kappa shape index (κ1) is 14.5. The van der Waals surface area contributed by atoms with Gasteiger partial charge >= 0.3 is 0 Å². The van der Waals surface area contributed by atoms with Crippen LogP contribution in [0.25, 0.3) is 0 Å². The van der Waals surface area contributed by atoms with E-state index >= 15 is 0 Å². The summed E-state index contributed by atoms with van der Waals surface area (Å²) in [4.78, 5) is 0. The number of hydrogen-bond acceptors (Lipinski definition) is 3. The summed E-state index contributed by atoms with van der Waals surface area (Å²) in [5.41, 5.74) is 10.5. The minimum Gasteiger partial charge on any atom is -0.496 e. The average Bonchev–Trinajstić information content (AvgIpc) is 2.34. The lowest BCUT2D eigenvalue weighted by atomic mass is 9.94. The van der Waals surface area contributed by atoms with Crippen molar-refractivity contribution in [2.24, 2.45) is 5.73 Å². The third-order valence-corrected chi connectivity index (χ3v) is 4.54. The zero-order valence-corrected chi connectivity index (χ0v) is 12.7. The highest BCUT2D eigenvalue weighted by molar-refractivity contribution is 9.10. The second-order valence-electron chi connectivity index (χ2n) is 4.21. The van der Waals surface area contributed by atoms with Crippen LogP contribution in [0.1, 0.15) is 28.3 Å². The summed E-state index contributed by atoms with van der Waals surface area (Å²) in [5, 5.41) is 3.23. The maximum atomic E-state index is 5.81. The zero-order chi connectivity index (χ0) is 13.2. The van der Waals surface area contributed by atoms with E-state index in [2.05, 4.69) is 42.0 Å². The van der Waals surface area contributed by atoms with E-state index in [9.17, 15) is 0 Å². The molecule has 1 aromatic carbocycles. The second kappa shape index (κ2) is 5.85. The average molecular weight is 301 g/mol. The van der Waals surface area contributed by atoms with Crippen LogP contribution in [0.5, 0.6) is 5.75 Å². The molecule has 0 amide bonds. The third kappa shape index (κ3) is 2.49. The fourth-order valence-corrected chi connectivity index (χ4v) is 2.68. The molecule has 0 spiro atoms. The highest BCUT2D eigenvalue weighted by Crippen LogP contribution is 2.38. The summed E-state index contributed by atoms with van der Waals surface area (Å²) >= 11 is 3.65. The van der Waals surface area contributed by atoms with Gasteiger partial charge in [0.05, 0.1) is 7.11 Å². The maximum Gasteiger partial charge on any atom is 0.127 e. The molecule has 0 bridgehead atoms. The molecule has 0 fully saturated rings. The van der Waals surface area contributed by atoms with Crippen LogP contribution in [0.15, 0.2) is 4.47 Å². The first-order valence-corrected chi connectivity index (χ1v) is 6.49. The van der Waals surface area contributed by atoms with Crippen LogP contribution in [-0.4, -0.2) is 20.7 Å². The molecule has 1 aromatic rings. The van der Waals surface area contributed by atoms with E-state index in [0.29, 0.717) is 6.54 Å². The van der Waals surface area contributed by atoms with Crippen LogP contribution < -0.4 is 15.8 Å². The number of halogens is 1. The van der Waals surface area contributed by atoms with Crippen LogP contribution in [-0.2, 0) is 0 Å². The Labute approximate surface area is 112 Å². The number of rotatable bonds is 4. The molecule has 0 aliphatic carbocycles. The summed E-state index contributed by atoms with van der Waals surface area (Å²) in [7, 11) is 3.63. The third-order valence-electron chi connectivity index (χ3n) is 3.35. The molecule has 1 atom stereocenters. The molecule has 0 aromatic heterocycles. The number of benzene rings is 1. The van der Waals surface area contributed by atoms with Gasteiger partial charge in [-0.2, -0.15) is 0 Å². The van der Waals surface area contributed by atoms with Crippen molar-refractivity contribution in [3.63, 3.8) is 0 Å². The smallest absolute Gasteiger partial charge is 0.127 e. The molecule has 96 valence electrons. The monoisotopic (exact) mass is 300 g/mol. The molecule has 0 radical (unpaired) electrons. The van der Waals surface area contributed by atoms with E-state index in [4.69, 9.17) is 10.5 Å². The Morgan fingerprint density at radius 2 is 1.82 bits per heavy atom. The summed E-state index contributed by atoms with van der Waals surface area (Å²) in [6.07, 6.45) is 0. The summed E-state index contributed by atoms with van der Waals surface area (Å²) in [6, 6.07) is 0.112. The van der Waals surface area contributed by atoms with Gasteiger partial charge in [-0.25, -0.2) is 0 Å². The van der Waals surface area contributed by atoms with Crippen molar-refractivity contribution in [2.75, 3.05) is 20.7 Å². The molecule has 0 saturated heterocycles. The van der Waals surface area contributed by atoms with Gasteiger partial charge in [0.2, 0.25) is 0 Å². The first-order valence-electron chi connectivity index (χ1n) is 5.70. The van der Waals surface area contributed by atoms with Gasteiger partial charge in [-0.3, -0.25) is 0 Å². The van der Waals surface area contributed by atoms with Gasteiger partial charge in [-0.05, 0) is 44.5 Å². The van der Waals surface area contributed by atoms with Crippen LogP contribution in [0.4, 0.5) is 0 Å². The molecular formula is C13H21BrN2O. The van der Waals surface area contributed by atoms with Gasteiger partial charge in [0.1, 0.15) is 5.75 Å². The summed E-state index contributed by atoms with van der Waals surface area (Å²) in [5.74, 6) is 0.938. The molecule has 0 heterocycles. The van der Waals surface area contributed by atoms with Crippen molar-refractivity contribution in [1.82, 2.24) is 5.32 Å². The first-order chi connectivity index (χ1) is 7.99. The van der Waals surface area contributed by atoms with Crippen molar-refractivity contribution in [3.8, 4) is 5.75 Å². The van der Waals surface area contributed by atoms with Gasteiger partial charge in [0.15, 0.2) is 0 Å². The lowest BCUT2D eigenvalue weighted by Crippen LogP contribution is -2.26. The Balaban J connectivity index is 3.56. The SMILES string of the molecule is CNC(CN)c1c(C)c(Br)c(C)c(C)c1OC. The van der Waals surface area contributed by atoms with E-state index in [1.165, 1.54) is 11.1 Å². The van der Waals surface area contributed by atoms with Gasteiger partial charge in [0.25, 0.3) is 0 Å². The van der Waals surface area contributed by atoms with Crippen molar-refractivity contribution in [2.45, 2.75) is 26.8 Å². The minimum atomic E-state index is 0.112. The summed E-state index contributed by atoms with van der Waals surface area (Å²) < 4.78 is 6.70. The molecule has 17 heavy (non-hydrogen) atoms. The van der Waals surface area contributed by atoms with Crippen molar-refractivity contribution >= 4 is 15.9 Å². The van der Waals surface area contributed by atoms with Crippen LogP contribution >= 0.6 is 15.9 Å². The predicted molar refractivity (Wildman–Crippen MR) is 75.8 cm³/mol. The van der Waals surface area contributed by atoms with E-state index in [1.807, 2.05) is 7.05 Å². The van der Waals surface area contributed by atoms with Crippen molar-refractivity contribution in [3.05, 3.63) is 26.7 Å². The fraction of sp³-hybridized carbons (Fsp3) is 0.538. The standard InChI is InChI=1S/C13H21BrN2O/c1-7-8(2)13(17-5)11(9(3)12(7)14)10(6-15)16-4/h10,16H,6,15H2,1-5H3. The molecular weight excluding hydrogens is 280 g/mol. The Morgan fingerprint density at radius 1 is 1.24 bits per heavy atom. The van der Waals surface area contributed by atoms with Gasteiger partial charge in [-0.15, -0.1) is 0 Å². The quantitative estimate of drug-likeness (QED) is 0.898. The number of nitrogens with one attached hydrogen (secondary N) is 1. The van der Waals surface area contributed by atoms with E-state index in [1.54, 1.807) is 7.11 Å². The van der Waals surface area contributed by atoms with Crippen molar-refractivity contribution in [1.29, 1.82) is 0 Å². The number of nitrogens with two attached hydrogens (primary N) is 1. The van der Waals surface area contributed by atoms with E-state index in [0.717, 1.165) is 21.3 Å². The van der Waals surface area contributed by atoms with Crippen LogP contribution in [0.3, 0.4) is 0 Å². The largest absolute Gasteiger partial charge is 0.496 e. The number of ether oxygens (including phenoxy) is 1. The van der Waals surface area contributed by atoms with Crippen LogP contribution in [0, 0.1) is 20.8 Å². The summed E-state index contributed by atoms with van der Waals surface area (Å²) in [6.45, 7) is 6.80. The normalized spacial score (nSPS) is 12.6. The Morgan fingerprint density at radius 3 is 2.24 bits per heavy atom. The Kier molecular flexibility index (Phi) is 4.98. The van der Waals surface area contributed by atoms with Crippen molar-refractivity contribution < 1.29 is 4.74 Å². The minimum absolute atomic E-state index is 0.112. The van der Waals surface area contributed by atoms with Gasteiger partial charge in [-0.1, -0.05) is 15.9 Å². The fourth-order valence-electron chi connectivity index (χ4n) is 2.17. The Bertz CT molecular complexity index is 415. The number of likely N-dealkylation sites (N-methyl/N-ethyl adjacent to an activating group) is 1. The molecule has 1 unspecified atom stereocenters. The number of methoxy groups -OCH3 is 1. The molecule has 1 rings (SSSR count). The van der Waals surface area contributed by atoms with E-state index in [-0.39, 0.29) is 6.04 Å². The molecule has 0 aliphatic heterocycles. The number of hydrogen-bond donors (Lipinski definition) is 2. The molecule has 3 N–H and O–H groups in total. The molecule has 0 saturated carbocycles. The second-order valence-corrected chi connectivity index (χ2v) is 5.01. The topological polar surface area (TPSA) is 47.3 Å². The van der Waals surface area contributed by atoms with Crippen LogP contribution in [0.2, 0.25) is 0 Å². The predicted octanol–water partition coefficient (Wildman–Crippen LogP) is 2.60. The highest BCUT2D eigenvalue weighted by atomic mass is 79.9. The molecule has 3 nitrogen and oxygen atoms in total. The lowest BCUT2D eigenvalue weighted by Gasteiger charge is -2.24. The molecule has 4 heteroatoms. The zero-order valence-electron chi connectivity index (χ0n) is 11.1. The van der Waals surface area contributed by atoms with Gasteiger partial charge in [0, 0.05) is 22.6 Å². The Hall–Kier alpha value is -0.580. The van der Waals surface area contributed by atoms with E-state index < -0.39 is 0 Å². The highest BCUT2D eigenvalue weighted by Gasteiger charge is 2.21. The van der Waals surface area contributed by atoms with Gasteiger partial charge < -0.3 is 15.8 Å². The maximum absolute atomic E-state index is 5.81. The lowest BCUT2D eigenvalue weighted by molar-refractivity contribution is 0.397.